The Morgan fingerprint density at radius 2 is 1.80 bits per heavy atom. The Kier molecular flexibility index (Phi) is 5.11. The van der Waals surface area contributed by atoms with Gasteiger partial charge in [-0.15, -0.1) is 11.3 Å². The van der Waals surface area contributed by atoms with Crippen LogP contribution >= 0.6 is 34.5 Å². The fourth-order valence-electron chi connectivity index (χ4n) is 3.72. The normalized spacial score (nSPS) is 13.3. The van der Waals surface area contributed by atoms with Crippen LogP contribution in [0.1, 0.15) is 21.6 Å². The number of carbonyl (C=O) groups excluding carboxylic acids is 1. The first-order chi connectivity index (χ1) is 14.6. The summed E-state index contributed by atoms with van der Waals surface area (Å²) in [5.41, 5.74) is 4.47. The summed E-state index contributed by atoms with van der Waals surface area (Å²) in [6, 6.07) is 19.4. The van der Waals surface area contributed by atoms with Crippen LogP contribution in [0.5, 0.6) is 0 Å². The highest BCUT2D eigenvalue weighted by Crippen LogP contribution is 2.30. The van der Waals surface area contributed by atoms with Crippen LogP contribution < -0.4 is 0 Å². The lowest BCUT2D eigenvalue weighted by Crippen LogP contribution is -2.37. The first-order valence-electron chi connectivity index (χ1n) is 9.55. The number of nitrogens with zero attached hydrogens (tertiary/aromatic N) is 3. The van der Waals surface area contributed by atoms with Gasteiger partial charge in [-0.25, -0.2) is 4.68 Å². The Morgan fingerprint density at radius 1 is 0.967 bits per heavy atom. The van der Waals surface area contributed by atoms with E-state index in [1.54, 1.807) is 28.2 Å². The Labute approximate surface area is 188 Å². The molecule has 1 amide bonds. The van der Waals surface area contributed by atoms with Crippen molar-refractivity contribution in [1.82, 2.24) is 14.7 Å². The van der Waals surface area contributed by atoms with E-state index in [1.807, 2.05) is 46.7 Å². The molecule has 2 aromatic heterocycles. The standard InChI is InChI=1S/C23H17Cl2N3OS/c24-18-8-7-17(12-19(18)25)28-21(13-20(26-28)22-6-3-11-30-22)23(29)27-10-9-15-4-1-2-5-16(15)14-27/h1-8,11-13H,9-10,14H2. The monoisotopic (exact) mass is 453 g/mol. The van der Waals surface area contributed by atoms with Gasteiger partial charge in [0.2, 0.25) is 0 Å². The smallest absolute Gasteiger partial charge is 0.272 e. The maximum atomic E-state index is 13.5. The number of thiophene rings is 1. The van der Waals surface area contributed by atoms with E-state index in [0.29, 0.717) is 34.5 Å². The largest absolute Gasteiger partial charge is 0.333 e. The number of halogens is 2. The molecule has 0 atom stereocenters. The molecular formula is C23H17Cl2N3OS. The SMILES string of the molecule is O=C(c1cc(-c2cccs2)nn1-c1ccc(Cl)c(Cl)c1)N1CCc2ccccc2C1. The maximum absolute atomic E-state index is 13.5. The fourth-order valence-corrected chi connectivity index (χ4v) is 4.70. The van der Waals surface area contributed by atoms with Crippen LogP contribution in [0.2, 0.25) is 10.0 Å². The zero-order chi connectivity index (χ0) is 20.7. The minimum absolute atomic E-state index is 0.0501. The Balaban J connectivity index is 1.56. The first-order valence-corrected chi connectivity index (χ1v) is 11.2. The lowest BCUT2D eigenvalue weighted by molar-refractivity contribution is 0.0725. The molecule has 0 N–H and O–H groups in total. The third-order valence-electron chi connectivity index (χ3n) is 5.27. The molecule has 0 radical (unpaired) electrons. The lowest BCUT2D eigenvalue weighted by atomic mass is 10.00. The van der Waals surface area contributed by atoms with Crippen molar-refractivity contribution in [2.45, 2.75) is 13.0 Å². The van der Waals surface area contributed by atoms with E-state index < -0.39 is 0 Å². The molecule has 0 unspecified atom stereocenters. The van der Waals surface area contributed by atoms with Crippen molar-refractivity contribution < 1.29 is 4.79 Å². The van der Waals surface area contributed by atoms with Crippen molar-refractivity contribution in [3.8, 4) is 16.3 Å². The van der Waals surface area contributed by atoms with E-state index in [9.17, 15) is 4.79 Å². The van der Waals surface area contributed by atoms with Crippen LogP contribution in [0.15, 0.2) is 66.0 Å². The summed E-state index contributed by atoms with van der Waals surface area (Å²) in [7, 11) is 0. The van der Waals surface area contributed by atoms with Crippen LogP contribution in [0, 0.1) is 0 Å². The van der Waals surface area contributed by atoms with Gasteiger partial charge in [0, 0.05) is 13.1 Å². The number of hydrogen-bond donors (Lipinski definition) is 0. The Hall–Kier alpha value is -2.60. The van der Waals surface area contributed by atoms with E-state index in [-0.39, 0.29) is 5.91 Å². The average molecular weight is 454 g/mol. The van der Waals surface area contributed by atoms with Crippen molar-refractivity contribution in [3.05, 3.63) is 92.9 Å². The summed E-state index contributed by atoms with van der Waals surface area (Å²) in [4.78, 5) is 16.4. The van der Waals surface area contributed by atoms with Gasteiger partial charge in [0.25, 0.3) is 5.91 Å². The van der Waals surface area contributed by atoms with Gasteiger partial charge in [-0.2, -0.15) is 5.10 Å². The van der Waals surface area contributed by atoms with E-state index in [0.717, 1.165) is 17.0 Å². The van der Waals surface area contributed by atoms with Gasteiger partial charge in [0.15, 0.2) is 0 Å². The van der Waals surface area contributed by atoms with Crippen LogP contribution in [-0.2, 0) is 13.0 Å². The van der Waals surface area contributed by atoms with E-state index in [1.165, 1.54) is 11.1 Å². The maximum Gasteiger partial charge on any atom is 0.272 e. The molecule has 0 bridgehead atoms. The average Bonchev–Trinajstić information content (AvgIpc) is 3.45. The Bertz CT molecular complexity index is 1230. The van der Waals surface area contributed by atoms with Crippen LogP contribution in [0.4, 0.5) is 0 Å². The molecule has 3 heterocycles. The van der Waals surface area contributed by atoms with Crippen molar-refractivity contribution in [1.29, 1.82) is 0 Å². The Morgan fingerprint density at radius 3 is 2.57 bits per heavy atom. The molecule has 150 valence electrons. The summed E-state index contributed by atoms with van der Waals surface area (Å²) in [6.45, 7) is 1.27. The molecular weight excluding hydrogens is 437 g/mol. The van der Waals surface area contributed by atoms with Crippen molar-refractivity contribution in [3.63, 3.8) is 0 Å². The topological polar surface area (TPSA) is 38.1 Å². The molecule has 5 rings (SSSR count). The van der Waals surface area contributed by atoms with Gasteiger partial charge in [-0.1, -0.05) is 53.5 Å². The molecule has 0 saturated carbocycles. The first kappa shape index (κ1) is 19.4. The van der Waals surface area contributed by atoms with Crippen LogP contribution in [0.3, 0.4) is 0 Å². The summed E-state index contributed by atoms with van der Waals surface area (Å²) in [5.74, 6) is -0.0501. The second-order valence-corrected chi connectivity index (χ2v) is 8.91. The predicted octanol–water partition coefficient (Wildman–Crippen LogP) is 6.11. The van der Waals surface area contributed by atoms with Gasteiger partial charge in [0.1, 0.15) is 11.4 Å². The number of carbonyl (C=O) groups is 1. The second kappa shape index (κ2) is 7.91. The van der Waals surface area contributed by atoms with E-state index >= 15 is 0 Å². The van der Waals surface area contributed by atoms with Crippen molar-refractivity contribution in [2.24, 2.45) is 0 Å². The van der Waals surface area contributed by atoms with Gasteiger partial charge >= 0.3 is 0 Å². The second-order valence-electron chi connectivity index (χ2n) is 7.15. The van der Waals surface area contributed by atoms with Gasteiger partial charge < -0.3 is 4.90 Å². The number of fused-ring (bicyclic) bond motifs is 1. The summed E-state index contributed by atoms with van der Waals surface area (Å²) < 4.78 is 1.67. The fraction of sp³-hybridized carbons (Fsp3) is 0.130. The third kappa shape index (κ3) is 3.54. The molecule has 7 heteroatoms. The summed E-state index contributed by atoms with van der Waals surface area (Å²) in [6.07, 6.45) is 0.848. The van der Waals surface area contributed by atoms with E-state index in [4.69, 9.17) is 28.3 Å². The van der Waals surface area contributed by atoms with Crippen LogP contribution in [-0.4, -0.2) is 27.1 Å². The third-order valence-corrected chi connectivity index (χ3v) is 6.90. The lowest BCUT2D eigenvalue weighted by Gasteiger charge is -2.29. The molecule has 0 spiro atoms. The molecule has 0 fully saturated rings. The van der Waals surface area contributed by atoms with Crippen molar-refractivity contribution >= 4 is 40.4 Å². The number of aromatic nitrogens is 2. The minimum Gasteiger partial charge on any atom is -0.333 e. The summed E-state index contributed by atoms with van der Waals surface area (Å²) >= 11 is 13.9. The summed E-state index contributed by atoms with van der Waals surface area (Å²) in [5, 5.41) is 7.62. The molecule has 0 aliphatic carbocycles. The van der Waals surface area contributed by atoms with Gasteiger partial charge in [-0.3, -0.25) is 4.79 Å². The van der Waals surface area contributed by atoms with Crippen molar-refractivity contribution in [2.75, 3.05) is 6.54 Å². The predicted molar refractivity (Wildman–Crippen MR) is 122 cm³/mol. The number of benzene rings is 2. The molecule has 2 aromatic carbocycles. The van der Waals surface area contributed by atoms with Gasteiger partial charge in [-0.05, 0) is 53.3 Å². The zero-order valence-electron chi connectivity index (χ0n) is 15.9. The van der Waals surface area contributed by atoms with Gasteiger partial charge in [0.05, 0.1) is 20.6 Å². The van der Waals surface area contributed by atoms with E-state index in [2.05, 4.69) is 12.1 Å². The minimum atomic E-state index is -0.0501. The van der Waals surface area contributed by atoms with Crippen LogP contribution in [0.25, 0.3) is 16.3 Å². The molecule has 4 aromatic rings. The highest BCUT2D eigenvalue weighted by atomic mass is 35.5. The molecule has 1 aliphatic heterocycles. The highest BCUT2D eigenvalue weighted by molar-refractivity contribution is 7.13. The molecule has 1 aliphatic rings. The highest BCUT2D eigenvalue weighted by Gasteiger charge is 2.26. The molecule has 0 saturated heterocycles. The number of amides is 1. The number of rotatable bonds is 3. The quantitative estimate of drug-likeness (QED) is 0.375. The molecule has 4 nitrogen and oxygen atoms in total. The number of hydrogen-bond acceptors (Lipinski definition) is 3. The zero-order valence-corrected chi connectivity index (χ0v) is 18.2. The molecule has 30 heavy (non-hydrogen) atoms.